The van der Waals surface area contributed by atoms with E-state index in [2.05, 4.69) is 16.0 Å². The first-order chi connectivity index (χ1) is 13.8. The Bertz CT molecular complexity index is 998. The van der Waals surface area contributed by atoms with E-state index in [1.54, 1.807) is 24.3 Å². The largest absolute Gasteiger partial charge is 0.329 e. The SMILES string of the molecule is Cc1cccc(NC(=O)NCC(=O)Nc2cccc(S(=O)(=O)C3CCCC3)c2)c1. The number of hydrogen-bond acceptors (Lipinski definition) is 4. The molecule has 3 N–H and O–H groups in total. The van der Waals surface area contributed by atoms with E-state index in [1.165, 1.54) is 6.07 Å². The van der Waals surface area contributed by atoms with E-state index >= 15 is 0 Å². The Hall–Kier alpha value is -2.87. The van der Waals surface area contributed by atoms with Crippen molar-refractivity contribution in [1.82, 2.24) is 5.32 Å². The Kier molecular flexibility index (Phi) is 6.53. The summed E-state index contributed by atoms with van der Waals surface area (Å²) in [5.74, 6) is -0.445. The Morgan fingerprint density at radius 1 is 0.966 bits per heavy atom. The van der Waals surface area contributed by atoms with E-state index in [0.717, 1.165) is 18.4 Å². The quantitative estimate of drug-likeness (QED) is 0.672. The van der Waals surface area contributed by atoms with Gasteiger partial charge in [0.15, 0.2) is 9.84 Å². The summed E-state index contributed by atoms with van der Waals surface area (Å²) in [6.45, 7) is 1.68. The first kappa shape index (κ1) is 20.9. The lowest BCUT2D eigenvalue weighted by atomic mass is 10.2. The van der Waals surface area contributed by atoms with Crippen LogP contribution < -0.4 is 16.0 Å². The predicted molar refractivity (Wildman–Crippen MR) is 113 cm³/mol. The molecule has 0 aliphatic heterocycles. The normalized spacial score (nSPS) is 14.4. The Labute approximate surface area is 170 Å². The van der Waals surface area contributed by atoms with E-state index in [0.29, 0.717) is 24.2 Å². The second-order valence-electron chi connectivity index (χ2n) is 7.20. The third kappa shape index (κ3) is 5.57. The first-order valence-corrected chi connectivity index (χ1v) is 11.1. The number of carbonyl (C=O) groups is 2. The van der Waals surface area contributed by atoms with Gasteiger partial charge in [-0.25, -0.2) is 13.2 Å². The highest BCUT2D eigenvalue weighted by molar-refractivity contribution is 7.92. The maximum Gasteiger partial charge on any atom is 0.319 e. The molecule has 3 rings (SSSR count). The summed E-state index contributed by atoms with van der Waals surface area (Å²) >= 11 is 0. The van der Waals surface area contributed by atoms with Gasteiger partial charge in [0, 0.05) is 11.4 Å². The zero-order valence-electron chi connectivity index (χ0n) is 16.3. The molecule has 0 bridgehead atoms. The van der Waals surface area contributed by atoms with Gasteiger partial charge in [-0.05, 0) is 55.7 Å². The van der Waals surface area contributed by atoms with Crippen LogP contribution in [-0.2, 0) is 14.6 Å². The van der Waals surface area contributed by atoms with Crippen LogP contribution >= 0.6 is 0 Å². The van der Waals surface area contributed by atoms with Crippen LogP contribution in [0.2, 0.25) is 0 Å². The van der Waals surface area contributed by atoms with Crippen LogP contribution in [0.3, 0.4) is 0 Å². The Morgan fingerprint density at radius 3 is 2.31 bits per heavy atom. The molecule has 2 aromatic rings. The lowest BCUT2D eigenvalue weighted by Gasteiger charge is -2.13. The summed E-state index contributed by atoms with van der Waals surface area (Å²) in [6, 6.07) is 13.1. The lowest BCUT2D eigenvalue weighted by molar-refractivity contribution is -0.115. The molecule has 0 atom stereocenters. The summed E-state index contributed by atoms with van der Waals surface area (Å²) in [6.07, 6.45) is 3.21. The number of rotatable bonds is 6. The highest BCUT2D eigenvalue weighted by Gasteiger charge is 2.30. The van der Waals surface area contributed by atoms with E-state index < -0.39 is 21.8 Å². The van der Waals surface area contributed by atoms with Gasteiger partial charge in [-0.15, -0.1) is 0 Å². The minimum atomic E-state index is -3.39. The van der Waals surface area contributed by atoms with Crippen molar-refractivity contribution in [3.63, 3.8) is 0 Å². The zero-order chi connectivity index (χ0) is 20.9. The van der Waals surface area contributed by atoms with Crippen molar-refractivity contribution in [2.75, 3.05) is 17.2 Å². The molecule has 7 nitrogen and oxygen atoms in total. The molecule has 1 fully saturated rings. The summed E-state index contributed by atoms with van der Waals surface area (Å²) in [5.41, 5.74) is 2.02. The van der Waals surface area contributed by atoms with Crippen molar-refractivity contribution in [1.29, 1.82) is 0 Å². The second-order valence-corrected chi connectivity index (χ2v) is 9.43. The molecule has 3 amide bonds. The standard InChI is InChI=1S/C21H25N3O4S/c1-15-6-4-7-16(12-15)24-21(26)22-14-20(25)23-17-8-5-11-19(13-17)29(27,28)18-9-2-3-10-18/h4-8,11-13,18H,2-3,9-10,14H2,1H3,(H,23,25)(H2,22,24,26). The van der Waals surface area contributed by atoms with E-state index in [-0.39, 0.29) is 16.7 Å². The van der Waals surface area contributed by atoms with Gasteiger partial charge in [0.2, 0.25) is 5.91 Å². The fraction of sp³-hybridized carbons (Fsp3) is 0.333. The minimum Gasteiger partial charge on any atom is -0.329 e. The predicted octanol–water partition coefficient (Wildman–Crippen LogP) is 3.47. The highest BCUT2D eigenvalue weighted by Crippen LogP contribution is 2.30. The molecule has 0 aromatic heterocycles. The molecule has 1 saturated carbocycles. The van der Waals surface area contributed by atoms with Crippen LogP contribution in [0.4, 0.5) is 16.2 Å². The summed E-state index contributed by atoms with van der Waals surface area (Å²) < 4.78 is 25.4. The molecule has 1 aliphatic rings. The third-order valence-corrected chi connectivity index (χ3v) is 7.13. The van der Waals surface area contributed by atoms with Gasteiger partial charge in [-0.3, -0.25) is 4.79 Å². The van der Waals surface area contributed by atoms with Crippen LogP contribution in [0.1, 0.15) is 31.2 Å². The molecular weight excluding hydrogens is 390 g/mol. The van der Waals surface area contributed by atoms with Gasteiger partial charge in [0.25, 0.3) is 0 Å². The van der Waals surface area contributed by atoms with Crippen LogP contribution in [0.25, 0.3) is 0 Å². The topological polar surface area (TPSA) is 104 Å². The molecule has 2 aromatic carbocycles. The van der Waals surface area contributed by atoms with Crippen molar-refractivity contribution >= 4 is 33.2 Å². The maximum absolute atomic E-state index is 12.7. The van der Waals surface area contributed by atoms with E-state index in [1.807, 2.05) is 25.1 Å². The van der Waals surface area contributed by atoms with Crippen molar-refractivity contribution < 1.29 is 18.0 Å². The molecule has 154 valence electrons. The van der Waals surface area contributed by atoms with E-state index in [9.17, 15) is 18.0 Å². The molecule has 8 heteroatoms. The van der Waals surface area contributed by atoms with Crippen molar-refractivity contribution in [2.45, 2.75) is 42.8 Å². The number of benzene rings is 2. The first-order valence-electron chi connectivity index (χ1n) is 9.60. The van der Waals surface area contributed by atoms with Gasteiger partial charge in [-0.2, -0.15) is 0 Å². The Morgan fingerprint density at radius 2 is 1.62 bits per heavy atom. The van der Waals surface area contributed by atoms with Crippen molar-refractivity contribution in [3.8, 4) is 0 Å². The van der Waals surface area contributed by atoms with Gasteiger partial charge < -0.3 is 16.0 Å². The van der Waals surface area contributed by atoms with Crippen molar-refractivity contribution in [3.05, 3.63) is 54.1 Å². The molecule has 0 heterocycles. The summed E-state index contributed by atoms with van der Waals surface area (Å²) in [7, 11) is -3.39. The average molecular weight is 416 g/mol. The zero-order valence-corrected chi connectivity index (χ0v) is 17.1. The number of amides is 3. The smallest absolute Gasteiger partial charge is 0.319 e. The number of urea groups is 1. The van der Waals surface area contributed by atoms with Gasteiger partial charge >= 0.3 is 6.03 Å². The van der Waals surface area contributed by atoms with Gasteiger partial charge in [0.1, 0.15) is 0 Å². The monoisotopic (exact) mass is 415 g/mol. The lowest BCUT2D eigenvalue weighted by Crippen LogP contribution is -2.35. The molecule has 0 saturated heterocycles. The third-order valence-electron chi connectivity index (χ3n) is 4.87. The molecule has 29 heavy (non-hydrogen) atoms. The minimum absolute atomic E-state index is 0.215. The molecule has 0 radical (unpaired) electrons. The molecule has 0 spiro atoms. The maximum atomic E-state index is 12.7. The van der Waals surface area contributed by atoms with Gasteiger partial charge in [0.05, 0.1) is 16.7 Å². The Balaban J connectivity index is 1.55. The number of carbonyl (C=O) groups excluding carboxylic acids is 2. The van der Waals surface area contributed by atoms with Gasteiger partial charge in [-0.1, -0.05) is 31.0 Å². The van der Waals surface area contributed by atoms with Crippen LogP contribution in [0.5, 0.6) is 0 Å². The van der Waals surface area contributed by atoms with Crippen molar-refractivity contribution in [2.24, 2.45) is 0 Å². The molecule has 1 aliphatic carbocycles. The fourth-order valence-electron chi connectivity index (χ4n) is 3.41. The van der Waals surface area contributed by atoms with E-state index in [4.69, 9.17) is 0 Å². The number of hydrogen-bond donors (Lipinski definition) is 3. The fourth-order valence-corrected chi connectivity index (χ4v) is 5.30. The highest BCUT2D eigenvalue weighted by atomic mass is 32.2. The summed E-state index contributed by atoms with van der Waals surface area (Å²) in [5, 5.41) is 7.41. The number of sulfone groups is 1. The average Bonchev–Trinajstić information content (AvgIpc) is 3.22. The number of aryl methyl sites for hydroxylation is 1. The summed E-state index contributed by atoms with van der Waals surface area (Å²) in [4.78, 5) is 24.3. The van der Waals surface area contributed by atoms with Crippen LogP contribution in [0.15, 0.2) is 53.4 Å². The molecule has 0 unspecified atom stereocenters. The molecular formula is C21H25N3O4S. The number of anilines is 2. The second kappa shape index (κ2) is 9.09. The van der Waals surface area contributed by atoms with Crippen LogP contribution in [0, 0.1) is 6.92 Å². The number of nitrogens with one attached hydrogen (secondary N) is 3. The van der Waals surface area contributed by atoms with Crippen LogP contribution in [-0.4, -0.2) is 32.2 Å².